The third-order valence-corrected chi connectivity index (χ3v) is 2.94. The van der Waals surface area contributed by atoms with Gasteiger partial charge < -0.3 is 10.4 Å². The van der Waals surface area contributed by atoms with Gasteiger partial charge in [-0.15, -0.1) is 0 Å². The summed E-state index contributed by atoms with van der Waals surface area (Å²) in [6.07, 6.45) is 0.508. The summed E-state index contributed by atoms with van der Waals surface area (Å²) in [6, 6.07) is 8.39. The summed E-state index contributed by atoms with van der Waals surface area (Å²) in [7, 11) is 0. The van der Waals surface area contributed by atoms with Crippen LogP contribution < -0.4 is 5.32 Å². The predicted octanol–water partition coefficient (Wildman–Crippen LogP) is 2.56. The Morgan fingerprint density at radius 2 is 2.07 bits per heavy atom. The standard InChI is InChI=1S/C12H17NO/c1-8(2)11-7-12(14)9-5-3-4-6-10(9)13-11/h3-6,8,11-14H,7H2,1-2H3/t11-,12-/m1/s1. The molecule has 2 N–H and O–H groups in total. The van der Waals surface area contributed by atoms with Gasteiger partial charge in [-0.25, -0.2) is 0 Å². The first kappa shape index (κ1) is 9.53. The Labute approximate surface area is 85.0 Å². The molecule has 0 amide bonds. The Kier molecular flexibility index (Phi) is 2.46. The van der Waals surface area contributed by atoms with Gasteiger partial charge in [0, 0.05) is 17.3 Å². The number of nitrogens with one attached hydrogen (secondary N) is 1. The molecule has 14 heavy (non-hydrogen) atoms. The lowest BCUT2D eigenvalue weighted by Crippen LogP contribution is -2.32. The molecule has 0 aliphatic carbocycles. The first-order valence-corrected chi connectivity index (χ1v) is 5.22. The van der Waals surface area contributed by atoms with Gasteiger partial charge in [0.05, 0.1) is 6.10 Å². The van der Waals surface area contributed by atoms with E-state index in [0.29, 0.717) is 12.0 Å². The van der Waals surface area contributed by atoms with Gasteiger partial charge in [0.2, 0.25) is 0 Å². The summed E-state index contributed by atoms with van der Waals surface area (Å²) in [4.78, 5) is 0. The van der Waals surface area contributed by atoms with Crippen molar-refractivity contribution in [2.45, 2.75) is 32.4 Å². The van der Waals surface area contributed by atoms with E-state index < -0.39 is 0 Å². The van der Waals surface area contributed by atoms with E-state index in [1.54, 1.807) is 0 Å². The lowest BCUT2D eigenvalue weighted by molar-refractivity contribution is 0.148. The third kappa shape index (κ3) is 1.62. The van der Waals surface area contributed by atoms with Crippen molar-refractivity contribution >= 4 is 5.69 Å². The second-order valence-electron chi connectivity index (χ2n) is 4.33. The molecule has 2 heteroatoms. The SMILES string of the molecule is CC(C)[C@H]1C[C@@H](O)c2ccccc2N1. The normalized spacial score (nSPS) is 25.7. The van der Waals surface area contributed by atoms with Gasteiger partial charge in [0.25, 0.3) is 0 Å². The fourth-order valence-electron chi connectivity index (χ4n) is 1.98. The summed E-state index contributed by atoms with van der Waals surface area (Å²) in [5, 5.41) is 13.4. The highest BCUT2D eigenvalue weighted by atomic mass is 16.3. The minimum absolute atomic E-state index is 0.306. The molecule has 1 aromatic carbocycles. The van der Waals surface area contributed by atoms with Gasteiger partial charge in [-0.05, 0) is 18.4 Å². The number of fused-ring (bicyclic) bond motifs is 1. The van der Waals surface area contributed by atoms with Crippen molar-refractivity contribution in [1.82, 2.24) is 0 Å². The monoisotopic (exact) mass is 191 g/mol. The van der Waals surface area contributed by atoms with Crippen LogP contribution in [0.4, 0.5) is 5.69 Å². The molecule has 0 radical (unpaired) electrons. The van der Waals surface area contributed by atoms with Crippen LogP contribution in [0.15, 0.2) is 24.3 Å². The molecule has 1 aromatic rings. The molecule has 0 saturated heterocycles. The topological polar surface area (TPSA) is 32.3 Å². The summed E-state index contributed by atoms with van der Waals surface area (Å²) in [5.41, 5.74) is 2.12. The first-order valence-electron chi connectivity index (χ1n) is 5.22. The molecule has 0 spiro atoms. The predicted molar refractivity (Wildman–Crippen MR) is 58.3 cm³/mol. The number of hydrogen-bond acceptors (Lipinski definition) is 2. The Balaban J connectivity index is 2.29. The average molecular weight is 191 g/mol. The number of hydrogen-bond donors (Lipinski definition) is 2. The van der Waals surface area contributed by atoms with E-state index in [1.807, 2.05) is 24.3 Å². The molecule has 0 fully saturated rings. The molecule has 0 saturated carbocycles. The van der Waals surface area contributed by atoms with Crippen LogP contribution in [-0.2, 0) is 0 Å². The maximum atomic E-state index is 9.94. The number of benzene rings is 1. The van der Waals surface area contributed by atoms with E-state index in [1.165, 1.54) is 0 Å². The zero-order chi connectivity index (χ0) is 10.1. The molecule has 1 aliphatic rings. The number of anilines is 1. The fourth-order valence-corrected chi connectivity index (χ4v) is 1.98. The van der Waals surface area contributed by atoms with Gasteiger partial charge in [-0.1, -0.05) is 32.0 Å². The molecule has 76 valence electrons. The van der Waals surface area contributed by atoms with Crippen molar-refractivity contribution in [3.8, 4) is 0 Å². The van der Waals surface area contributed by atoms with Crippen LogP contribution in [-0.4, -0.2) is 11.1 Å². The van der Waals surface area contributed by atoms with Gasteiger partial charge in [0.1, 0.15) is 0 Å². The minimum Gasteiger partial charge on any atom is -0.388 e. The molecule has 1 aliphatic heterocycles. The first-order chi connectivity index (χ1) is 6.68. The number of rotatable bonds is 1. The van der Waals surface area contributed by atoms with Gasteiger partial charge >= 0.3 is 0 Å². The lowest BCUT2D eigenvalue weighted by Gasteiger charge is -2.32. The second kappa shape index (κ2) is 3.62. The summed E-state index contributed by atoms with van der Waals surface area (Å²) in [6.45, 7) is 4.36. The highest BCUT2D eigenvalue weighted by Gasteiger charge is 2.25. The highest BCUT2D eigenvalue weighted by Crippen LogP contribution is 2.34. The van der Waals surface area contributed by atoms with Crippen molar-refractivity contribution in [1.29, 1.82) is 0 Å². The maximum Gasteiger partial charge on any atom is 0.0829 e. The highest BCUT2D eigenvalue weighted by molar-refractivity contribution is 5.54. The molecular weight excluding hydrogens is 174 g/mol. The van der Waals surface area contributed by atoms with Crippen LogP contribution in [0, 0.1) is 5.92 Å². The van der Waals surface area contributed by atoms with Crippen molar-refractivity contribution in [2.24, 2.45) is 5.92 Å². The van der Waals surface area contributed by atoms with Gasteiger partial charge in [-0.3, -0.25) is 0 Å². The zero-order valence-corrected chi connectivity index (χ0v) is 8.70. The summed E-state index contributed by atoms with van der Waals surface area (Å²) >= 11 is 0. The second-order valence-corrected chi connectivity index (χ2v) is 4.33. The average Bonchev–Trinajstić information content (AvgIpc) is 2.17. The van der Waals surface area contributed by atoms with Crippen LogP contribution in [0.3, 0.4) is 0 Å². The molecule has 1 heterocycles. The molecule has 0 bridgehead atoms. The molecular formula is C12H17NO. The molecule has 2 rings (SSSR count). The number of aliphatic hydroxyl groups is 1. The van der Waals surface area contributed by atoms with E-state index in [4.69, 9.17) is 0 Å². The van der Waals surface area contributed by atoms with E-state index >= 15 is 0 Å². The smallest absolute Gasteiger partial charge is 0.0829 e. The van der Waals surface area contributed by atoms with Crippen LogP contribution >= 0.6 is 0 Å². The Bertz CT molecular complexity index is 322. The Morgan fingerprint density at radius 3 is 2.79 bits per heavy atom. The summed E-state index contributed by atoms with van der Waals surface area (Å²) < 4.78 is 0. The molecule has 0 aromatic heterocycles. The minimum atomic E-state index is -0.306. The van der Waals surface area contributed by atoms with Crippen LogP contribution in [0.25, 0.3) is 0 Å². The Hall–Kier alpha value is -1.02. The number of aliphatic hydroxyl groups excluding tert-OH is 1. The van der Waals surface area contributed by atoms with E-state index in [-0.39, 0.29) is 6.10 Å². The largest absolute Gasteiger partial charge is 0.388 e. The van der Waals surface area contributed by atoms with Crippen molar-refractivity contribution in [3.63, 3.8) is 0 Å². The van der Waals surface area contributed by atoms with Crippen LogP contribution in [0.5, 0.6) is 0 Å². The molecule has 0 unspecified atom stereocenters. The zero-order valence-electron chi connectivity index (χ0n) is 8.70. The molecule has 2 nitrogen and oxygen atoms in total. The number of para-hydroxylation sites is 1. The van der Waals surface area contributed by atoms with Crippen molar-refractivity contribution < 1.29 is 5.11 Å². The Morgan fingerprint density at radius 1 is 1.36 bits per heavy atom. The van der Waals surface area contributed by atoms with Crippen molar-refractivity contribution in [3.05, 3.63) is 29.8 Å². The van der Waals surface area contributed by atoms with Crippen LogP contribution in [0.1, 0.15) is 31.9 Å². The fraction of sp³-hybridized carbons (Fsp3) is 0.500. The van der Waals surface area contributed by atoms with E-state index in [2.05, 4.69) is 19.2 Å². The maximum absolute atomic E-state index is 9.94. The lowest BCUT2D eigenvalue weighted by atomic mass is 9.89. The van der Waals surface area contributed by atoms with E-state index in [0.717, 1.165) is 17.7 Å². The van der Waals surface area contributed by atoms with Crippen molar-refractivity contribution in [2.75, 3.05) is 5.32 Å². The van der Waals surface area contributed by atoms with Gasteiger partial charge in [-0.2, -0.15) is 0 Å². The van der Waals surface area contributed by atoms with Gasteiger partial charge in [0.15, 0.2) is 0 Å². The molecule has 2 atom stereocenters. The quantitative estimate of drug-likeness (QED) is 0.715. The van der Waals surface area contributed by atoms with Crippen LogP contribution in [0.2, 0.25) is 0 Å². The third-order valence-electron chi connectivity index (χ3n) is 2.94. The van der Waals surface area contributed by atoms with E-state index in [9.17, 15) is 5.11 Å². The summed E-state index contributed by atoms with van der Waals surface area (Å²) in [5.74, 6) is 0.554.